The Kier molecular flexibility index (Phi) is 4.38. The summed E-state index contributed by atoms with van der Waals surface area (Å²) < 4.78 is 2.23. The Morgan fingerprint density at radius 3 is 2.94 bits per heavy atom. The molecular weight excluding hydrogens is 222 g/mol. The Labute approximate surface area is 108 Å². The van der Waals surface area contributed by atoms with Gasteiger partial charge in [0.15, 0.2) is 0 Å². The van der Waals surface area contributed by atoms with Gasteiger partial charge in [-0.1, -0.05) is 13.3 Å². The highest BCUT2D eigenvalue weighted by atomic mass is 15.0. The molecule has 0 bridgehead atoms. The fraction of sp³-hybridized carbons (Fsp3) is 0.400. The molecule has 1 N–H and O–H groups in total. The first-order valence-electron chi connectivity index (χ1n) is 6.55. The summed E-state index contributed by atoms with van der Waals surface area (Å²) in [7, 11) is 0. The molecule has 18 heavy (non-hydrogen) atoms. The van der Waals surface area contributed by atoms with E-state index in [1.165, 1.54) is 18.4 Å². The Hall–Kier alpha value is -1.79. The van der Waals surface area contributed by atoms with Crippen LogP contribution in [0.1, 0.15) is 25.3 Å². The number of unbranched alkanes of at least 4 members (excludes halogenated alkanes) is 1. The highest BCUT2D eigenvalue weighted by Gasteiger charge is 2.01. The molecule has 3 nitrogen and oxygen atoms in total. The predicted molar refractivity (Wildman–Crippen MR) is 74.4 cm³/mol. The Bertz CT molecular complexity index is 548. The van der Waals surface area contributed by atoms with Gasteiger partial charge in [0.1, 0.15) is 0 Å². The van der Waals surface area contributed by atoms with Gasteiger partial charge in [-0.05, 0) is 37.2 Å². The highest BCUT2D eigenvalue weighted by molar-refractivity contribution is 5.81. The molecule has 1 aromatic carbocycles. The van der Waals surface area contributed by atoms with E-state index < -0.39 is 0 Å². The van der Waals surface area contributed by atoms with Crippen molar-refractivity contribution in [1.29, 1.82) is 5.26 Å². The fourth-order valence-electron chi connectivity index (χ4n) is 2.09. The lowest BCUT2D eigenvalue weighted by Crippen LogP contribution is -2.20. The lowest BCUT2D eigenvalue weighted by molar-refractivity contribution is 0.588. The zero-order chi connectivity index (χ0) is 12.8. The molecule has 0 saturated carbocycles. The van der Waals surface area contributed by atoms with Crippen LogP contribution in [0, 0.1) is 11.3 Å². The number of rotatable bonds is 6. The van der Waals surface area contributed by atoms with E-state index in [1.54, 1.807) is 0 Å². The molecule has 0 aliphatic heterocycles. The van der Waals surface area contributed by atoms with Gasteiger partial charge < -0.3 is 9.88 Å². The molecule has 3 heteroatoms. The summed E-state index contributed by atoms with van der Waals surface area (Å²) in [4.78, 5) is 0. The van der Waals surface area contributed by atoms with Gasteiger partial charge in [0.2, 0.25) is 0 Å². The maximum absolute atomic E-state index is 8.86. The summed E-state index contributed by atoms with van der Waals surface area (Å²) in [6.07, 6.45) is 4.56. The predicted octanol–water partition coefficient (Wildman–Crippen LogP) is 2.90. The van der Waals surface area contributed by atoms with Crippen molar-refractivity contribution in [2.45, 2.75) is 26.3 Å². The van der Waals surface area contributed by atoms with Crippen molar-refractivity contribution in [3.05, 3.63) is 36.0 Å². The third-order valence-electron chi connectivity index (χ3n) is 3.14. The van der Waals surface area contributed by atoms with Crippen LogP contribution in [0.3, 0.4) is 0 Å². The second kappa shape index (κ2) is 6.23. The van der Waals surface area contributed by atoms with Gasteiger partial charge in [-0.2, -0.15) is 5.26 Å². The molecule has 0 aliphatic carbocycles. The molecule has 0 saturated heterocycles. The normalized spacial score (nSPS) is 10.7. The molecule has 0 spiro atoms. The van der Waals surface area contributed by atoms with Gasteiger partial charge in [0.25, 0.3) is 0 Å². The molecule has 0 fully saturated rings. The van der Waals surface area contributed by atoms with Crippen molar-refractivity contribution in [1.82, 2.24) is 9.88 Å². The SMILES string of the molecule is CCCCNCCn1ccc2cc(C#N)ccc21. The Morgan fingerprint density at radius 1 is 1.28 bits per heavy atom. The number of benzene rings is 1. The Morgan fingerprint density at radius 2 is 2.17 bits per heavy atom. The maximum Gasteiger partial charge on any atom is 0.0991 e. The first-order valence-corrected chi connectivity index (χ1v) is 6.55. The van der Waals surface area contributed by atoms with Crippen LogP contribution in [-0.2, 0) is 6.54 Å². The van der Waals surface area contributed by atoms with Crippen LogP contribution in [0.4, 0.5) is 0 Å². The van der Waals surface area contributed by atoms with Crippen LogP contribution >= 0.6 is 0 Å². The van der Waals surface area contributed by atoms with Gasteiger partial charge in [-0.3, -0.25) is 0 Å². The van der Waals surface area contributed by atoms with Crippen LogP contribution in [0.5, 0.6) is 0 Å². The van der Waals surface area contributed by atoms with E-state index in [2.05, 4.69) is 35.1 Å². The molecule has 94 valence electrons. The number of nitrogens with zero attached hydrogens (tertiary/aromatic N) is 2. The largest absolute Gasteiger partial charge is 0.346 e. The van der Waals surface area contributed by atoms with E-state index in [0.717, 1.165) is 30.6 Å². The van der Waals surface area contributed by atoms with Crippen molar-refractivity contribution < 1.29 is 0 Å². The lowest BCUT2D eigenvalue weighted by atomic mass is 10.2. The number of aromatic nitrogens is 1. The highest BCUT2D eigenvalue weighted by Crippen LogP contribution is 2.17. The van der Waals surface area contributed by atoms with Crippen LogP contribution < -0.4 is 5.32 Å². The minimum atomic E-state index is 0.723. The number of hydrogen-bond acceptors (Lipinski definition) is 2. The summed E-state index contributed by atoms with van der Waals surface area (Å²) in [6, 6.07) is 10.1. The van der Waals surface area contributed by atoms with Crippen molar-refractivity contribution in [2.75, 3.05) is 13.1 Å². The molecule has 2 rings (SSSR count). The van der Waals surface area contributed by atoms with E-state index in [9.17, 15) is 0 Å². The van der Waals surface area contributed by atoms with Crippen molar-refractivity contribution >= 4 is 10.9 Å². The van der Waals surface area contributed by atoms with E-state index in [4.69, 9.17) is 5.26 Å². The van der Waals surface area contributed by atoms with Crippen LogP contribution in [0.2, 0.25) is 0 Å². The van der Waals surface area contributed by atoms with E-state index >= 15 is 0 Å². The van der Waals surface area contributed by atoms with Crippen molar-refractivity contribution in [3.8, 4) is 6.07 Å². The maximum atomic E-state index is 8.86. The number of hydrogen-bond donors (Lipinski definition) is 1. The summed E-state index contributed by atoms with van der Waals surface area (Å²) in [5, 5.41) is 13.4. The summed E-state index contributed by atoms with van der Waals surface area (Å²) in [6.45, 7) is 5.26. The second-order valence-electron chi connectivity index (χ2n) is 4.50. The summed E-state index contributed by atoms with van der Waals surface area (Å²) in [5.41, 5.74) is 1.92. The fourth-order valence-corrected chi connectivity index (χ4v) is 2.09. The van der Waals surface area contributed by atoms with Crippen LogP contribution in [-0.4, -0.2) is 17.7 Å². The number of nitrogens with one attached hydrogen (secondary N) is 1. The average molecular weight is 241 g/mol. The van der Waals surface area contributed by atoms with E-state index in [1.807, 2.05) is 18.2 Å². The standard InChI is InChI=1S/C15H19N3/c1-2-3-7-17-8-10-18-9-6-14-11-13(12-16)4-5-15(14)18/h4-6,9,11,17H,2-3,7-8,10H2,1H3. The van der Waals surface area contributed by atoms with Gasteiger partial charge in [-0.25, -0.2) is 0 Å². The smallest absolute Gasteiger partial charge is 0.0991 e. The van der Waals surface area contributed by atoms with Gasteiger partial charge >= 0.3 is 0 Å². The summed E-state index contributed by atoms with van der Waals surface area (Å²) in [5.74, 6) is 0. The monoisotopic (exact) mass is 241 g/mol. The molecule has 2 aromatic rings. The lowest BCUT2D eigenvalue weighted by Gasteiger charge is -2.07. The molecule has 0 atom stereocenters. The van der Waals surface area contributed by atoms with Gasteiger partial charge in [0.05, 0.1) is 11.6 Å². The minimum Gasteiger partial charge on any atom is -0.346 e. The van der Waals surface area contributed by atoms with Crippen molar-refractivity contribution in [2.24, 2.45) is 0 Å². The zero-order valence-electron chi connectivity index (χ0n) is 10.8. The molecule has 0 unspecified atom stereocenters. The third kappa shape index (κ3) is 2.91. The average Bonchev–Trinajstić information content (AvgIpc) is 2.81. The number of fused-ring (bicyclic) bond motifs is 1. The molecular formula is C15H19N3. The molecule has 0 amide bonds. The van der Waals surface area contributed by atoms with Gasteiger partial charge in [-0.15, -0.1) is 0 Å². The van der Waals surface area contributed by atoms with E-state index in [-0.39, 0.29) is 0 Å². The first-order chi connectivity index (χ1) is 8.85. The molecule has 1 aromatic heterocycles. The minimum absolute atomic E-state index is 0.723. The van der Waals surface area contributed by atoms with Crippen molar-refractivity contribution in [3.63, 3.8) is 0 Å². The topological polar surface area (TPSA) is 40.8 Å². The van der Waals surface area contributed by atoms with Crippen LogP contribution in [0.25, 0.3) is 10.9 Å². The molecule has 0 aliphatic rings. The summed E-state index contributed by atoms with van der Waals surface area (Å²) >= 11 is 0. The van der Waals surface area contributed by atoms with E-state index in [0.29, 0.717) is 0 Å². The quantitative estimate of drug-likeness (QED) is 0.790. The molecule has 0 radical (unpaired) electrons. The first kappa shape index (κ1) is 12.7. The molecule has 1 heterocycles. The van der Waals surface area contributed by atoms with Gasteiger partial charge in [0, 0.05) is 30.2 Å². The second-order valence-corrected chi connectivity index (χ2v) is 4.50. The van der Waals surface area contributed by atoms with Crippen LogP contribution in [0.15, 0.2) is 30.5 Å². The third-order valence-corrected chi connectivity index (χ3v) is 3.14. The Balaban J connectivity index is 1.99. The zero-order valence-corrected chi connectivity index (χ0v) is 10.8. The number of nitriles is 1.